The van der Waals surface area contributed by atoms with Crippen molar-refractivity contribution in [1.29, 1.82) is 0 Å². The third-order valence-corrected chi connectivity index (χ3v) is 4.08. The zero-order valence-corrected chi connectivity index (χ0v) is 10.7. The van der Waals surface area contributed by atoms with Gasteiger partial charge in [-0.2, -0.15) is 0 Å². The second-order valence-corrected chi connectivity index (χ2v) is 5.89. The molecule has 1 aliphatic rings. The van der Waals surface area contributed by atoms with Gasteiger partial charge >= 0.3 is 7.60 Å². The molecular formula is C9H18BO5P. The number of hydrogen-bond donors (Lipinski definition) is 1. The molecule has 0 aromatic carbocycles. The zero-order valence-electron chi connectivity index (χ0n) is 9.83. The Balaban J connectivity index is 2.77. The molecule has 2 radical (unpaired) electrons. The van der Waals surface area contributed by atoms with E-state index in [-0.39, 0.29) is 12.3 Å². The summed E-state index contributed by atoms with van der Waals surface area (Å²) in [6, 6.07) is -0.614. The van der Waals surface area contributed by atoms with Crippen molar-refractivity contribution in [3.63, 3.8) is 0 Å². The largest absolute Gasteiger partial charge is 0.379 e. The molecule has 1 rings (SSSR count). The van der Waals surface area contributed by atoms with Gasteiger partial charge in [0.15, 0.2) is 0 Å². The van der Waals surface area contributed by atoms with Gasteiger partial charge in [0, 0.05) is 19.3 Å². The highest BCUT2D eigenvalue weighted by Gasteiger charge is 2.44. The van der Waals surface area contributed by atoms with E-state index in [4.69, 9.17) is 21.8 Å². The summed E-state index contributed by atoms with van der Waals surface area (Å²) < 4.78 is 27.3. The van der Waals surface area contributed by atoms with Gasteiger partial charge in [-0.15, -0.1) is 0 Å². The van der Waals surface area contributed by atoms with Gasteiger partial charge < -0.3 is 14.4 Å². The molecule has 0 saturated carbocycles. The lowest BCUT2D eigenvalue weighted by atomic mass is 9.92. The highest BCUT2D eigenvalue weighted by atomic mass is 31.2. The maximum Gasteiger partial charge on any atom is 0.328 e. The van der Waals surface area contributed by atoms with Gasteiger partial charge in [-0.1, -0.05) is 13.8 Å². The van der Waals surface area contributed by atoms with E-state index in [1.807, 2.05) is 6.92 Å². The molecule has 7 heteroatoms. The first-order valence-corrected chi connectivity index (χ1v) is 7.15. The van der Waals surface area contributed by atoms with Crippen molar-refractivity contribution in [2.45, 2.75) is 44.6 Å². The van der Waals surface area contributed by atoms with Crippen LogP contribution in [0.25, 0.3) is 0 Å². The van der Waals surface area contributed by atoms with Gasteiger partial charge in [0.25, 0.3) is 0 Å². The monoisotopic (exact) mass is 248 g/mol. The Morgan fingerprint density at radius 1 is 1.44 bits per heavy atom. The average molecular weight is 248 g/mol. The molecule has 0 aromatic heterocycles. The van der Waals surface area contributed by atoms with E-state index in [1.54, 1.807) is 6.92 Å². The molecule has 0 aliphatic carbocycles. The van der Waals surface area contributed by atoms with Gasteiger partial charge in [-0.3, -0.25) is 9.09 Å². The lowest BCUT2D eigenvalue weighted by Crippen LogP contribution is -2.36. The molecule has 1 saturated heterocycles. The minimum Gasteiger partial charge on any atom is -0.379 e. The summed E-state index contributed by atoms with van der Waals surface area (Å²) >= 11 is 0. The Morgan fingerprint density at radius 3 is 2.50 bits per heavy atom. The molecule has 0 spiro atoms. The first kappa shape index (κ1) is 14.2. The van der Waals surface area contributed by atoms with E-state index in [0.717, 1.165) is 0 Å². The van der Waals surface area contributed by atoms with E-state index >= 15 is 0 Å². The first-order chi connectivity index (χ1) is 7.45. The van der Waals surface area contributed by atoms with E-state index in [1.165, 1.54) is 7.11 Å². The Labute approximate surface area is 97.4 Å². The Kier molecular flexibility index (Phi) is 5.01. The minimum absolute atomic E-state index is 0.0611. The van der Waals surface area contributed by atoms with Gasteiger partial charge in [0.05, 0.1) is 6.10 Å². The fraction of sp³-hybridized carbons (Fsp3) is 1.00. The first-order valence-electron chi connectivity index (χ1n) is 5.39. The lowest BCUT2D eigenvalue weighted by molar-refractivity contribution is 0.0128. The van der Waals surface area contributed by atoms with Crippen molar-refractivity contribution in [3.8, 4) is 0 Å². The van der Waals surface area contributed by atoms with Crippen LogP contribution in [0.4, 0.5) is 0 Å². The van der Waals surface area contributed by atoms with Crippen LogP contribution in [0, 0.1) is 0 Å². The van der Waals surface area contributed by atoms with Crippen molar-refractivity contribution in [2.75, 3.05) is 13.3 Å². The predicted octanol–water partition coefficient (Wildman–Crippen LogP) is 0.895. The van der Waals surface area contributed by atoms with Crippen LogP contribution in [-0.4, -0.2) is 50.3 Å². The van der Waals surface area contributed by atoms with Crippen LogP contribution >= 0.6 is 7.60 Å². The maximum absolute atomic E-state index is 11.5. The number of methoxy groups -OCH3 is 1. The van der Waals surface area contributed by atoms with Crippen molar-refractivity contribution in [2.24, 2.45) is 0 Å². The van der Waals surface area contributed by atoms with E-state index in [0.29, 0.717) is 6.42 Å². The fourth-order valence-electron chi connectivity index (χ4n) is 1.74. The SMILES string of the molecule is [B][C@@H]1O[C@H](CC)C(OP(=O)(O)CC)C1OC. The summed E-state index contributed by atoms with van der Waals surface area (Å²) in [6.45, 7) is 3.50. The van der Waals surface area contributed by atoms with Crippen molar-refractivity contribution < 1.29 is 23.5 Å². The van der Waals surface area contributed by atoms with Crippen LogP contribution in [0.5, 0.6) is 0 Å². The number of rotatable bonds is 5. The van der Waals surface area contributed by atoms with Crippen LogP contribution in [0.1, 0.15) is 20.3 Å². The lowest BCUT2D eigenvalue weighted by Gasteiger charge is -2.24. The molecular weight excluding hydrogens is 230 g/mol. The fourth-order valence-corrected chi connectivity index (χ4v) is 2.53. The molecule has 92 valence electrons. The van der Waals surface area contributed by atoms with Crippen LogP contribution < -0.4 is 0 Å². The Hall–Kier alpha value is 0.135. The topological polar surface area (TPSA) is 65.0 Å². The van der Waals surface area contributed by atoms with Crippen LogP contribution in [0.2, 0.25) is 0 Å². The van der Waals surface area contributed by atoms with Crippen molar-refractivity contribution in [1.82, 2.24) is 0 Å². The molecule has 5 atom stereocenters. The molecule has 5 nitrogen and oxygen atoms in total. The van der Waals surface area contributed by atoms with Gasteiger partial charge in [0.2, 0.25) is 0 Å². The van der Waals surface area contributed by atoms with E-state index < -0.39 is 25.8 Å². The summed E-state index contributed by atoms with van der Waals surface area (Å²) in [5.74, 6) is 0. The summed E-state index contributed by atoms with van der Waals surface area (Å²) in [4.78, 5) is 9.48. The summed E-state index contributed by atoms with van der Waals surface area (Å²) in [5, 5.41) is 0. The molecule has 1 aliphatic heterocycles. The van der Waals surface area contributed by atoms with E-state index in [2.05, 4.69) is 0 Å². The molecule has 1 N–H and O–H groups in total. The molecule has 0 amide bonds. The summed E-state index contributed by atoms with van der Waals surface area (Å²) in [6.07, 6.45) is -0.669. The molecule has 0 aromatic rings. The van der Waals surface area contributed by atoms with Crippen LogP contribution in [0.3, 0.4) is 0 Å². The Morgan fingerprint density at radius 2 is 2.06 bits per heavy atom. The third-order valence-electron chi connectivity index (χ3n) is 2.71. The minimum atomic E-state index is -3.57. The summed E-state index contributed by atoms with van der Waals surface area (Å²) in [7, 11) is 3.62. The highest BCUT2D eigenvalue weighted by molar-refractivity contribution is 7.52. The molecule has 1 heterocycles. The number of ether oxygens (including phenoxy) is 2. The van der Waals surface area contributed by atoms with E-state index in [9.17, 15) is 9.46 Å². The smallest absolute Gasteiger partial charge is 0.328 e. The zero-order chi connectivity index (χ0) is 12.3. The van der Waals surface area contributed by atoms with Crippen LogP contribution in [-0.2, 0) is 18.6 Å². The molecule has 0 bridgehead atoms. The maximum atomic E-state index is 11.5. The molecule has 3 unspecified atom stereocenters. The highest BCUT2D eigenvalue weighted by Crippen LogP contribution is 2.46. The number of hydrogen-bond acceptors (Lipinski definition) is 4. The van der Waals surface area contributed by atoms with Crippen molar-refractivity contribution in [3.05, 3.63) is 0 Å². The van der Waals surface area contributed by atoms with Gasteiger partial charge in [0.1, 0.15) is 20.1 Å². The third kappa shape index (κ3) is 3.08. The summed E-state index contributed by atoms with van der Waals surface area (Å²) in [5.41, 5.74) is 0. The second kappa shape index (κ2) is 5.65. The van der Waals surface area contributed by atoms with Gasteiger partial charge in [-0.05, 0) is 6.42 Å². The molecule has 1 fully saturated rings. The van der Waals surface area contributed by atoms with Crippen LogP contribution in [0.15, 0.2) is 0 Å². The predicted molar refractivity (Wildman–Crippen MR) is 60.7 cm³/mol. The Bertz CT molecular complexity index is 275. The van der Waals surface area contributed by atoms with Crippen molar-refractivity contribution >= 4 is 15.4 Å². The second-order valence-electron chi connectivity index (χ2n) is 3.77. The average Bonchev–Trinajstić information content (AvgIpc) is 2.53. The normalized spacial score (nSPS) is 38.5. The standard InChI is InChI=1S/C9H18BO5P/c1-4-6-7(15-16(11,12)5-2)8(13-3)9(10)14-6/h6-9H,4-5H2,1-3H3,(H,11,12)/t6-,7?,8?,9-/m1/s1. The quantitative estimate of drug-likeness (QED) is 0.578. The van der Waals surface area contributed by atoms with Gasteiger partial charge in [-0.25, -0.2) is 0 Å². The molecule has 16 heavy (non-hydrogen) atoms.